The molecule has 6 heteroatoms. The maximum Gasteiger partial charge on any atom is 0.338 e. The Morgan fingerprint density at radius 1 is 0.950 bits per heavy atom. The average Bonchev–Trinajstić information content (AvgIpc) is 2.43. The van der Waals surface area contributed by atoms with Crippen LogP contribution >= 0.6 is 0 Å². The Bertz CT molecular complexity index is 650. The fourth-order valence-corrected chi connectivity index (χ4v) is 1.57. The predicted octanol–water partition coefficient (Wildman–Crippen LogP) is 1.87. The summed E-state index contributed by atoms with van der Waals surface area (Å²) in [7, 11) is 0. The summed E-state index contributed by atoms with van der Waals surface area (Å²) in [5.41, 5.74) is 0.307. The van der Waals surface area contributed by atoms with Gasteiger partial charge in [-0.3, -0.25) is 0 Å². The van der Waals surface area contributed by atoms with Crippen LogP contribution in [0.2, 0.25) is 0 Å². The molecule has 2 aromatic rings. The van der Waals surface area contributed by atoms with Crippen LogP contribution in [0.25, 0.3) is 0 Å². The van der Waals surface area contributed by atoms with Gasteiger partial charge in [-0.15, -0.1) is 0 Å². The zero-order chi connectivity index (χ0) is 14.7. The molecule has 0 heterocycles. The second-order valence-corrected chi connectivity index (χ2v) is 4.06. The van der Waals surface area contributed by atoms with Crippen molar-refractivity contribution in [3.63, 3.8) is 0 Å². The highest BCUT2D eigenvalue weighted by Crippen LogP contribution is 2.29. The van der Waals surface area contributed by atoms with E-state index in [1.807, 2.05) is 0 Å². The van der Waals surface area contributed by atoms with E-state index in [9.17, 15) is 20.1 Å². The first kappa shape index (κ1) is 13.5. The van der Waals surface area contributed by atoms with Crippen molar-refractivity contribution in [2.45, 2.75) is 6.61 Å². The van der Waals surface area contributed by atoms with Gasteiger partial charge in [-0.25, -0.2) is 4.79 Å². The molecule has 0 aliphatic carbocycles. The van der Waals surface area contributed by atoms with Gasteiger partial charge in [0.05, 0.1) is 5.56 Å². The second kappa shape index (κ2) is 5.40. The summed E-state index contributed by atoms with van der Waals surface area (Å²) >= 11 is 0. The summed E-state index contributed by atoms with van der Waals surface area (Å²) in [6.07, 6.45) is 0. The largest absolute Gasteiger partial charge is 0.504 e. The SMILES string of the molecule is O=C(OCc1cccc(O)c1O)c1ccc(O)c(O)c1. The average molecular weight is 276 g/mol. The quantitative estimate of drug-likeness (QED) is 0.503. The van der Waals surface area contributed by atoms with Crippen molar-refractivity contribution in [1.29, 1.82) is 0 Å². The molecule has 0 saturated heterocycles. The lowest BCUT2D eigenvalue weighted by Gasteiger charge is -2.08. The molecule has 4 N–H and O–H groups in total. The standard InChI is InChI=1S/C14H12O6/c15-10-5-4-8(6-12(10)17)14(19)20-7-9-2-1-3-11(16)13(9)18/h1-6,15-18H,7H2. The lowest BCUT2D eigenvalue weighted by Crippen LogP contribution is -2.05. The van der Waals surface area contributed by atoms with E-state index in [-0.39, 0.29) is 35.0 Å². The third-order valence-corrected chi connectivity index (χ3v) is 2.67. The molecule has 0 bridgehead atoms. The number of carbonyl (C=O) groups is 1. The lowest BCUT2D eigenvalue weighted by atomic mass is 10.2. The second-order valence-electron chi connectivity index (χ2n) is 4.06. The molecule has 20 heavy (non-hydrogen) atoms. The Morgan fingerprint density at radius 2 is 1.70 bits per heavy atom. The summed E-state index contributed by atoms with van der Waals surface area (Å²) in [5.74, 6) is -2.16. The Balaban J connectivity index is 2.08. The topological polar surface area (TPSA) is 107 Å². The molecule has 0 spiro atoms. The van der Waals surface area contributed by atoms with Crippen LogP contribution in [0.1, 0.15) is 15.9 Å². The molecule has 0 saturated carbocycles. The van der Waals surface area contributed by atoms with E-state index in [0.717, 1.165) is 12.1 Å². The number of hydrogen-bond acceptors (Lipinski definition) is 6. The van der Waals surface area contributed by atoms with Gasteiger partial charge in [0.2, 0.25) is 0 Å². The van der Waals surface area contributed by atoms with Gasteiger partial charge in [0, 0.05) is 5.56 Å². The van der Waals surface area contributed by atoms with Gasteiger partial charge in [-0.05, 0) is 24.3 Å². The summed E-state index contributed by atoms with van der Waals surface area (Å²) in [6, 6.07) is 7.83. The minimum Gasteiger partial charge on any atom is -0.504 e. The molecule has 0 aliphatic rings. The first-order valence-electron chi connectivity index (χ1n) is 5.68. The highest BCUT2D eigenvalue weighted by atomic mass is 16.5. The molecule has 2 aromatic carbocycles. The van der Waals surface area contributed by atoms with Crippen LogP contribution in [-0.4, -0.2) is 26.4 Å². The monoisotopic (exact) mass is 276 g/mol. The van der Waals surface area contributed by atoms with Gasteiger partial charge in [-0.2, -0.15) is 0 Å². The van der Waals surface area contributed by atoms with Gasteiger partial charge in [0.15, 0.2) is 23.0 Å². The fraction of sp³-hybridized carbons (Fsp3) is 0.0714. The van der Waals surface area contributed by atoms with Crippen molar-refractivity contribution >= 4 is 5.97 Å². The van der Waals surface area contributed by atoms with E-state index in [1.165, 1.54) is 24.3 Å². The maximum atomic E-state index is 11.7. The zero-order valence-corrected chi connectivity index (χ0v) is 10.3. The highest BCUT2D eigenvalue weighted by Gasteiger charge is 2.12. The van der Waals surface area contributed by atoms with Crippen LogP contribution < -0.4 is 0 Å². The lowest BCUT2D eigenvalue weighted by molar-refractivity contribution is 0.0469. The van der Waals surface area contributed by atoms with Crippen LogP contribution in [0.5, 0.6) is 23.0 Å². The van der Waals surface area contributed by atoms with Crippen molar-refractivity contribution < 1.29 is 30.0 Å². The van der Waals surface area contributed by atoms with Crippen molar-refractivity contribution in [1.82, 2.24) is 0 Å². The highest BCUT2D eigenvalue weighted by molar-refractivity contribution is 5.90. The number of phenolic OH excluding ortho intramolecular Hbond substituents is 4. The number of carbonyl (C=O) groups excluding carboxylic acids is 1. The number of hydrogen-bond donors (Lipinski definition) is 4. The maximum absolute atomic E-state index is 11.7. The van der Waals surface area contributed by atoms with Crippen LogP contribution in [0.3, 0.4) is 0 Å². The predicted molar refractivity (Wildman–Crippen MR) is 68.7 cm³/mol. The third-order valence-electron chi connectivity index (χ3n) is 2.67. The van der Waals surface area contributed by atoms with Crippen LogP contribution in [-0.2, 0) is 11.3 Å². The first-order chi connectivity index (χ1) is 9.49. The van der Waals surface area contributed by atoms with E-state index in [2.05, 4.69) is 0 Å². The van der Waals surface area contributed by atoms with Crippen molar-refractivity contribution in [2.24, 2.45) is 0 Å². The number of phenols is 4. The molecule has 0 atom stereocenters. The Labute approximate surface area is 114 Å². The first-order valence-corrected chi connectivity index (χ1v) is 5.68. The van der Waals surface area contributed by atoms with Gasteiger partial charge in [0.1, 0.15) is 6.61 Å². The number of rotatable bonds is 3. The van der Waals surface area contributed by atoms with Gasteiger partial charge >= 0.3 is 5.97 Å². The molecule has 0 aliphatic heterocycles. The molecule has 0 amide bonds. The third kappa shape index (κ3) is 2.74. The number of para-hydroxylation sites is 1. The van der Waals surface area contributed by atoms with E-state index >= 15 is 0 Å². The summed E-state index contributed by atoms with van der Waals surface area (Å²) < 4.78 is 4.94. The number of ether oxygens (including phenoxy) is 1. The van der Waals surface area contributed by atoms with Crippen molar-refractivity contribution in [2.75, 3.05) is 0 Å². The molecule has 2 rings (SSSR count). The van der Waals surface area contributed by atoms with Crippen molar-refractivity contribution in [3.8, 4) is 23.0 Å². The molecule has 0 aromatic heterocycles. The summed E-state index contributed by atoms with van der Waals surface area (Å²) in [4.78, 5) is 11.7. The number of esters is 1. The molecular formula is C14H12O6. The minimum absolute atomic E-state index is 0.0555. The Kier molecular flexibility index (Phi) is 3.65. The Hall–Kier alpha value is -2.89. The van der Waals surface area contributed by atoms with Gasteiger partial charge < -0.3 is 25.2 Å². The number of benzene rings is 2. The summed E-state index contributed by atoms with van der Waals surface area (Å²) in [5, 5.41) is 37.3. The van der Waals surface area contributed by atoms with E-state index in [1.54, 1.807) is 0 Å². The van der Waals surface area contributed by atoms with Crippen LogP contribution in [0.4, 0.5) is 0 Å². The molecule has 0 fully saturated rings. The van der Waals surface area contributed by atoms with Crippen molar-refractivity contribution in [3.05, 3.63) is 47.5 Å². The molecule has 0 radical (unpaired) electrons. The van der Waals surface area contributed by atoms with Crippen LogP contribution in [0.15, 0.2) is 36.4 Å². The molecule has 104 valence electrons. The van der Waals surface area contributed by atoms with Gasteiger partial charge in [0.25, 0.3) is 0 Å². The summed E-state index contributed by atoms with van der Waals surface area (Å²) in [6.45, 7) is -0.235. The molecular weight excluding hydrogens is 264 g/mol. The Morgan fingerprint density at radius 3 is 2.40 bits per heavy atom. The van der Waals surface area contributed by atoms with Gasteiger partial charge in [-0.1, -0.05) is 12.1 Å². The smallest absolute Gasteiger partial charge is 0.338 e. The normalized spacial score (nSPS) is 10.2. The van der Waals surface area contributed by atoms with E-state index < -0.39 is 11.7 Å². The van der Waals surface area contributed by atoms with E-state index in [4.69, 9.17) is 9.84 Å². The van der Waals surface area contributed by atoms with Crippen LogP contribution in [0, 0.1) is 0 Å². The molecule has 0 unspecified atom stereocenters. The molecule has 6 nitrogen and oxygen atoms in total. The fourth-order valence-electron chi connectivity index (χ4n) is 1.57. The zero-order valence-electron chi connectivity index (χ0n) is 10.3. The minimum atomic E-state index is -0.733. The van der Waals surface area contributed by atoms with E-state index in [0.29, 0.717) is 0 Å². The number of aromatic hydroxyl groups is 4.